The van der Waals surface area contributed by atoms with E-state index in [0.29, 0.717) is 6.54 Å². The van der Waals surface area contributed by atoms with Crippen molar-refractivity contribution in [2.24, 2.45) is 5.73 Å². The summed E-state index contributed by atoms with van der Waals surface area (Å²) in [4.78, 5) is 0. The zero-order chi connectivity index (χ0) is 11.5. The first-order chi connectivity index (χ1) is 7.74. The molecule has 0 amide bonds. The van der Waals surface area contributed by atoms with Gasteiger partial charge in [-0.2, -0.15) is 12.6 Å². The number of methoxy groups -OCH3 is 1. The van der Waals surface area contributed by atoms with Gasteiger partial charge in [0.15, 0.2) is 0 Å². The Morgan fingerprint density at radius 1 is 1.19 bits per heavy atom. The van der Waals surface area contributed by atoms with Gasteiger partial charge >= 0.3 is 0 Å². The fourth-order valence-electron chi connectivity index (χ4n) is 1.71. The summed E-state index contributed by atoms with van der Waals surface area (Å²) in [6, 6.07) is 12.3. The Labute approximate surface area is 101 Å². The molecular weight excluding hydrogens is 218 g/mol. The minimum atomic E-state index is 0.103. The first kappa shape index (κ1) is 11.3. The summed E-state index contributed by atoms with van der Waals surface area (Å²) < 4.78 is 5.19. The normalized spacial score (nSPS) is 12.7. The van der Waals surface area contributed by atoms with Crippen LogP contribution in [-0.4, -0.2) is 13.7 Å². The lowest BCUT2D eigenvalue weighted by atomic mass is 10.0. The van der Waals surface area contributed by atoms with E-state index in [9.17, 15) is 0 Å². The fraction of sp³-hybridized carbons (Fsp3) is 0.231. The average Bonchev–Trinajstić information content (AvgIpc) is 2.36. The minimum Gasteiger partial charge on any atom is -0.497 e. The quantitative estimate of drug-likeness (QED) is 0.800. The van der Waals surface area contributed by atoms with E-state index in [1.54, 1.807) is 7.11 Å². The topological polar surface area (TPSA) is 35.2 Å². The molecular formula is C13H15NOS. The number of rotatable bonds is 3. The molecule has 2 N–H and O–H groups in total. The van der Waals surface area contributed by atoms with Crippen molar-refractivity contribution in [1.82, 2.24) is 0 Å². The van der Waals surface area contributed by atoms with Crippen LogP contribution < -0.4 is 10.5 Å². The summed E-state index contributed by atoms with van der Waals surface area (Å²) in [7, 11) is 1.67. The minimum absolute atomic E-state index is 0.103. The van der Waals surface area contributed by atoms with Crippen molar-refractivity contribution >= 4 is 23.4 Å². The molecule has 0 heterocycles. The SMILES string of the molecule is COc1ccc2cc(C(S)CN)ccc2c1. The Bertz CT molecular complexity index is 498. The summed E-state index contributed by atoms with van der Waals surface area (Å²) in [5.74, 6) is 0.876. The number of ether oxygens (including phenoxy) is 1. The second-order valence-electron chi connectivity index (χ2n) is 3.72. The molecule has 1 unspecified atom stereocenters. The Hall–Kier alpha value is -1.19. The Balaban J connectivity index is 2.47. The maximum absolute atomic E-state index is 5.60. The Kier molecular flexibility index (Phi) is 3.36. The molecule has 3 heteroatoms. The van der Waals surface area contributed by atoms with Crippen molar-refractivity contribution in [2.45, 2.75) is 5.25 Å². The highest BCUT2D eigenvalue weighted by molar-refractivity contribution is 7.80. The third-order valence-electron chi connectivity index (χ3n) is 2.68. The van der Waals surface area contributed by atoms with Crippen molar-refractivity contribution in [1.29, 1.82) is 0 Å². The molecule has 0 saturated heterocycles. The van der Waals surface area contributed by atoms with Crippen LogP contribution in [-0.2, 0) is 0 Å². The van der Waals surface area contributed by atoms with Crippen molar-refractivity contribution in [3.8, 4) is 5.75 Å². The van der Waals surface area contributed by atoms with Crippen LogP contribution >= 0.6 is 12.6 Å². The standard InChI is InChI=1S/C13H15NOS/c1-15-12-5-4-9-6-11(13(16)8-14)3-2-10(9)7-12/h2-7,13,16H,8,14H2,1H3. The van der Waals surface area contributed by atoms with Crippen LogP contribution in [0.1, 0.15) is 10.8 Å². The van der Waals surface area contributed by atoms with Gasteiger partial charge in [-0.05, 0) is 34.5 Å². The van der Waals surface area contributed by atoms with Gasteiger partial charge < -0.3 is 10.5 Å². The van der Waals surface area contributed by atoms with E-state index in [2.05, 4.69) is 36.9 Å². The van der Waals surface area contributed by atoms with E-state index >= 15 is 0 Å². The largest absolute Gasteiger partial charge is 0.497 e. The number of benzene rings is 2. The van der Waals surface area contributed by atoms with Crippen LogP contribution in [0, 0.1) is 0 Å². The summed E-state index contributed by atoms with van der Waals surface area (Å²) in [6.07, 6.45) is 0. The molecule has 0 spiro atoms. The first-order valence-corrected chi connectivity index (χ1v) is 5.72. The zero-order valence-electron chi connectivity index (χ0n) is 9.18. The van der Waals surface area contributed by atoms with Gasteiger partial charge in [-0.3, -0.25) is 0 Å². The smallest absolute Gasteiger partial charge is 0.119 e. The van der Waals surface area contributed by atoms with Gasteiger partial charge in [0, 0.05) is 11.8 Å². The van der Waals surface area contributed by atoms with E-state index in [4.69, 9.17) is 10.5 Å². The number of hydrogen-bond acceptors (Lipinski definition) is 3. The maximum atomic E-state index is 5.60. The van der Waals surface area contributed by atoms with Crippen LogP contribution in [0.15, 0.2) is 36.4 Å². The van der Waals surface area contributed by atoms with Gasteiger partial charge in [0.05, 0.1) is 7.11 Å². The molecule has 0 saturated carbocycles. The fourth-order valence-corrected chi connectivity index (χ4v) is 1.87. The van der Waals surface area contributed by atoms with E-state index < -0.39 is 0 Å². The molecule has 0 fully saturated rings. The van der Waals surface area contributed by atoms with Crippen LogP contribution in [0.5, 0.6) is 5.75 Å². The maximum Gasteiger partial charge on any atom is 0.119 e. The molecule has 2 rings (SSSR count). The van der Waals surface area contributed by atoms with E-state index in [-0.39, 0.29) is 5.25 Å². The summed E-state index contributed by atoms with van der Waals surface area (Å²) in [5, 5.41) is 2.46. The summed E-state index contributed by atoms with van der Waals surface area (Å²) in [5.41, 5.74) is 6.75. The van der Waals surface area contributed by atoms with Crippen LogP contribution in [0.25, 0.3) is 10.8 Å². The van der Waals surface area contributed by atoms with Crippen molar-refractivity contribution in [2.75, 3.05) is 13.7 Å². The monoisotopic (exact) mass is 233 g/mol. The van der Waals surface area contributed by atoms with Crippen LogP contribution in [0.2, 0.25) is 0 Å². The van der Waals surface area contributed by atoms with Crippen molar-refractivity contribution in [3.05, 3.63) is 42.0 Å². The second kappa shape index (κ2) is 4.76. The molecule has 0 radical (unpaired) electrons. The number of thiol groups is 1. The van der Waals surface area contributed by atoms with E-state index in [1.165, 1.54) is 10.8 Å². The molecule has 0 aromatic heterocycles. The highest BCUT2D eigenvalue weighted by Crippen LogP contribution is 2.26. The van der Waals surface area contributed by atoms with Gasteiger partial charge in [-0.25, -0.2) is 0 Å². The summed E-state index contributed by atoms with van der Waals surface area (Å²) in [6.45, 7) is 0.546. The van der Waals surface area contributed by atoms with Gasteiger partial charge in [0.25, 0.3) is 0 Å². The lowest BCUT2D eigenvalue weighted by Gasteiger charge is -2.09. The summed E-state index contributed by atoms with van der Waals surface area (Å²) >= 11 is 4.43. The number of hydrogen-bond donors (Lipinski definition) is 2. The predicted octanol–water partition coefficient (Wildman–Crippen LogP) is 2.78. The zero-order valence-corrected chi connectivity index (χ0v) is 10.1. The molecule has 2 aromatic rings. The Morgan fingerprint density at radius 3 is 2.56 bits per heavy atom. The molecule has 2 aromatic carbocycles. The van der Waals surface area contributed by atoms with E-state index in [1.807, 2.05) is 12.1 Å². The Morgan fingerprint density at radius 2 is 1.88 bits per heavy atom. The second-order valence-corrected chi connectivity index (χ2v) is 4.35. The molecule has 0 bridgehead atoms. The van der Waals surface area contributed by atoms with Gasteiger partial charge in [0.2, 0.25) is 0 Å². The van der Waals surface area contributed by atoms with Gasteiger partial charge in [0.1, 0.15) is 5.75 Å². The molecule has 16 heavy (non-hydrogen) atoms. The van der Waals surface area contributed by atoms with Crippen molar-refractivity contribution < 1.29 is 4.74 Å². The predicted molar refractivity (Wildman–Crippen MR) is 71.3 cm³/mol. The lowest BCUT2D eigenvalue weighted by molar-refractivity contribution is 0.415. The number of fused-ring (bicyclic) bond motifs is 1. The average molecular weight is 233 g/mol. The molecule has 2 nitrogen and oxygen atoms in total. The third-order valence-corrected chi connectivity index (χ3v) is 3.19. The van der Waals surface area contributed by atoms with Crippen LogP contribution in [0.3, 0.4) is 0 Å². The first-order valence-electron chi connectivity index (χ1n) is 5.20. The molecule has 84 valence electrons. The lowest BCUT2D eigenvalue weighted by Crippen LogP contribution is -2.06. The molecule has 0 aliphatic heterocycles. The number of nitrogens with two attached hydrogens (primary N) is 1. The third kappa shape index (κ3) is 2.15. The molecule has 0 aliphatic carbocycles. The molecule has 1 atom stereocenters. The highest BCUT2D eigenvalue weighted by Gasteiger charge is 2.05. The molecule has 0 aliphatic rings. The van der Waals surface area contributed by atoms with Gasteiger partial charge in [-0.1, -0.05) is 18.2 Å². The highest BCUT2D eigenvalue weighted by atomic mass is 32.1. The van der Waals surface area contributed by atoms with Crippen molar-refractivity contribution in [3.63, 3.8) is 0 Å². The van der Waals surface area contributed by atoms with Crippen LogP contribution in [0.4, 0.5) is 0 Å². The van der Waals surface area contributed by atoms with Gasteiger partial charge in [-0.15, -0.1) is 0 Å². The van der Waals surface area contributed by atoms with E-state index in [0.717, 1.165) is 11.3 Å².